The van der Waals surface area contributed by atoms with E-state index in [0.29, 0.717) is 0 Å². The molecule has 0 spiro atoms. The van der Waals surface area contributed by atoms with Crippen LogP contribution in [0.25, 0.3) is 55.2 Å². The minimum absolute atomic E-state index is 0.00542. The number of rotatable bonds is 0. The lowest BCUT2D eigenvalue weighted by Gasteiger charge is -2.35. The summed E-state index contributed by atoms with van der Waals surface area (Å²) >= 11 is 1.96. The first-order valence-corrected chi connectivity index (χ1v) is 18.5. The molecule has 49 heavy (non-hydrogen) atoms. The summed E-state index contributed by atoms with van der Waals surface area (Å²) in [7, 11) is 0. The second-order valence-corrected chi connectivity index (χ2v) is 18.6. The Kier molecular flexibility index (Phi) is 5.58. The minimum atomic E-state index is 0.00542. The summed E-state index contributed by atoms with van der Waals surface area (Å²) in [6.07, 6.45) is 0. The molecule has 0 aliphatic carbocycles. The highest BCUT2D eigenvalue weighted by Crippen LogP contribution is 2.44. The van der Waals surface area contributed by atoms with Gasteiger partial charge in [0.05, 0.1) is 21.9 Å². The Hall–Kier alpha value is -4.35. The van der Waals surface area contributed by atoms with Gasteiger partial charge in [0.2, 0.25) is 0 Å². The highest BCUT2D eigenvalue weighted by atomic mass is 32.2. The fraction of sp³-hybridized carbons (Fsp3) is 0.273. The van der Waals surface area contributed by atoms with Crippen LogP contribution in [0.5, 0.6) is 0 Å². The molecule has 3 nitrogen and oxygen atoms in total. The molecule has 8 aromatic rings. The molecular weight excluding hydrogens is 615 g/mol. The molecule has 0 amide bonds. The van der Waals surface area contributed by atoms with Crippen LogP contribution in [0.15, 0.2) is 99.1 Å². The standard InChI is InChI=1S/C44H41BN2OS/c1-42(2,3)24-15-19-35-29(20-24)45-38-28-16-18-34-37(27-12-10-11-13-33(27)48-34)40(28)47-31-21-25(43(4,5)6)14-17-30(31)46(41(38)47)32-22-26(44(7,8)9)23-36(49-35)39(32)45/h10-23H,1-9H3. The molecule has 5 heteroatoms. The molecule has 0 saturated carbocycles. The number of hydrogen-bond acceptors (Lipinski definition) is 2. The summed E-state index contributed by atoms with van der Waals surface area (Å²) in [6, 6.07) is 32.5. The summed E-state index contributed by atoms with van der Waals surface area (Å²) in [5.74, 6) is 0. The molecule has 10 rings (SSSR count). The van der Waals surface area contributed by atoms with Gasteiger partial charge in [0, 0.05) is 20.9 Å². The third-order valence-electron chi connectivity index (χ3n) is 11.2. The topological polar surface area (TPSA) is 22.5 Å². The van der Waals surface area contributed by atoms with Crippen molar-refractivity contribution in [1.82, 2.24) is 8.97 Å². The first-order chi connectivity index (χ1) is 23.2. The van der Waals surface area contributed by atoms with Gasteiger partial charge in [-0.05, 0) is 97.8 Å². The van der Waals surface area contributed by atoms with Crippen LogP contribution in [-0.4, -0.2) is 15.7 Å². The minimum Gasteiger partial charge on any atom is -0.456 e. The maximum absolute atomic E-state index is 6.55. The second-order valence-electron chi connectivity index (χ2n) is 17.5. The van der Waals surface area contributed by atoms with Crippen molar-refractivity contribution in [2.45, 2.75) is 88.3 Å². The van der Waals surface area contributed by atoms with Crippen LogP contribution < -0.4 is 16.4 Å². The normalized spacial score (nSPS) is 14.5. The Morgan fingerprint density at radius 3 is 2.06 bits per heavy atom. The van der Waals surface area contributed by atoms with Gasteiger partial charge in [-0.1, -0.05) is 116 Å². The smallest absolute Gasteiger partial charge is 0.252 e. The van der Waals surface area contributed by atoms with Gasteiger partial charge < -0.3 is 4.42 Å². The van der Waals surface area contributed by atoms with Gasteiger partial charge in [-0.3, -0.25) is 8.97 Å². The third-order valence-corrected chi connectivity index (χ3v) is 12.4. The quantitative estimate of drug-likeness (QED) is 0.152. The van der Waals surface area contributed by atoms with Gasteiger partial charge in [-0.25, -0.2) is 0 Å². The Morgan fingerprint density at radius 2 is 1.31 bits per heavy atom. The molecule has 2 aliphatic rings. The van der Waals surface area contributed by atoms with Gasteiger partial charge >= 0.3 is 0 Å². The zero-order chi connectivity index (χ0) is 33.9. The van der Waals surface area contributed by atoms with Crippen LogP contribution in [-0.2, 0) is 16.2 Å². The first kappa shape index (κ1) is 29.6. The van der Waals surface area contributed by atoms with Gasteiger partial charge in [0.15, 0.2) is 0 Å². The van der Waals surface area contributed by atoms with Crippen molar-refractivity contribution in [3.63, 3.8) is 0 Å². The molecule has 5 aromatic carbocycles. The van der Waals surface area contributed by atoms with E-state index < -0.39 is 0 Å². The van der Waals surface area contributed by atoms with Gasteiger partial charge in [-0.2, -0.15) is 0 Å². The number of nitrogens with zero attached hydrogens (tertiary/aromatic N) is 2. The SMILES string of the molecule is CC(C)(C)c1ccc2c(c1)B1c3c(cc(C(C)(C)C)cc3-n3c4ccc(C(C)(C)C)cc4n4c5c(ccc6oc7ccccc7c65)c1c34)S2. The number of hydrogen-bond donors (Lipinski definition) is 0. The Balaban J connectivity index is 1.48. The number of furan rings is 1. The summed E-state index contributed by atoms with van der Waals surface area (Å²) < 4.78 is 11.8. The molecule has 0 bridgehead atoms. The Morgan fingerprint density at radius 1 is 0.592 bits per heavy atom. The number of aromatic nitrogens is 2. The first-order valence-electron chi connectivity index (χ1n) is 17.6. The van der Waals surface area contributed by atoms with Gasteiger partial charge in [-0.15, -0.1) is 0 Å². The van der Waals surface area contributed by atoms with E-state index >= 15 is 0 Å². The summed E-state index contributed by atoms with van der Waals surface area (Å²) in [5, 5.41) is 3.68. The molecule has 0 fully saturated rings. The summed E-state index contributed by atoms with van der Waals surface area (Å²) in [5.41, 5.74) is 16.7. The Bertz CT molecular complexity index is 2750. The number of para-hydroxylation sites is 1. The van der Waals surface area contributed by atoms with Crippen LogP contribution in [0.1, 0.15) is 79.0 Å². The van der Waals surface area contributed by atoms with Crippen molar-refractivity contribution in [3.8, 4) is 5.69 Å². The van der Waals surface area contributed by atoms with Gasteiger partial charge in [0.25, 0.3) is 6.71 Å². The molecule has 3 aromatic heterocycles. The van der Waals surface area contributed by atoms with E-state index in [-0.39, 0.29) is 23.0 Å². The number of benzene rings is 5. The molecule has 2 aliphatic heterocycles. The van der Waals surface area contributed by atoms with E-state index in [1.54, 1.807) is 0 Å². The van der Waals surface area contributed by atoms with Gasteiger partial charge in [0.1, 0.15) is 16.8 Å². The highest BCUT2D eigenvalue weighted by Gasteiger charge is 2.43. The second kappa shape index (κ2) is 9.25. The predicted molar refractivity (Wildman–Crippen MR) is 210 cm³/mol. The van der Waals surface area contributed by atoms with Crippen LogP contribution in [0.3, 0.4) is 0 Å². The van der Waals surface area contributed by atoms with Crippen LogP contribution in [0, 0.1) is 0 Å². The van der Waals surface area contributed by atoms with E-state index in [0.717, 1.165) is 11.2 Å². The monoisotopic (exact) mass is 656 g/mol. The van der Waals surface area contributed by atoms with E-state index in [4.69, 9.17) is 4.42 Å². The van der Waals surface area contributed by atoms with Crippen LogP contribution >= 0.6 is 11.8 Å². The zero-order valence-electron chi connectivity index (χ0n) is 29.9. The number of fused-ring (bicyclic) bond motifs is 14. The molecule has 0 radical (unpaired) electrons. The molecule has 0 atom stereocenters. The van der Waals surface area contributed by atoms with Crippen molar-refractivity contribution in [2.24, 2.45) is 0 Å². The fourth-order valence-corrected chi connectivity index (χ4v) is 9.75. The van der Waals surface area contributed by atoms with Crippen molar-refractivity contribution < 1.29 is 4.42 Å². The summed E-state index contributed by atoms with van der Waals surface area (Å²) in [4.78, 5) is 2.74. The zero-order valence-corrected chi connectivity index (χ0v) is 30.7. The maximum atomic E-state index is 6.55. The molecular formula is C44H41BN2OS. The predicted octanol–water partition coefficient (Wildman–Crippen LogP) is 10.1. The summed E-state index contributed by atoms with van der Waals surface area (Å²) in [6.45, 7) is 21.1. The van der Waals surface area contributed by atoms with E-state index in [9.17, 15) is 0 Å². The van der Waals surface area contributed by atoms with Crippen molar-refractivity contribution in [1.29, 1.82) is 0 Å². The lowest BCUT2D eigenvalue weighted by Crippen LogP contribution is -2.59. The molecule has 5 heterocycles. The third kappa shape index (κ3) is 3.88. The average Bonchev–Trinajstić information content (AvgIpc) is 3.69. The molecule has 242 valence electrons. The largest absolute Gasteiger partial charge is 0.456 e. The Labute approximate surface area is 292 Å². The van der Waals surface area contributed by atoms with E-state index in [1.807, 2.05) is 11.8 Å². The highest BCUT2D eigenvalue weighted by molar-refractivity contribution is 8.00. The molecule has 0 saturated heterocycles. The van der Waals surface area contributed by atoms with Crippen LogP contribution in [0.4, 0.5) is 0 Å². The van der Waals surface area contributed by atoms with Crippen molar-refractivity contribution >= 4 is 84.4 Å². The molecule has 0 unspecified atom stereocenters. The van der Waals surface area contributed by atoms with Crippen molar-refractivity contribution in [2.75, 3.05) is 0 Å². The van der Waals surface area contributed by atoms with E-state index in [2.05, 4.69) is 156 Å². The lowest BCUT2D eigenvalue weighted by atomic mass is 9.35. The maximum Gasteiger partial charge on any atom is 0.252 e. The van der Waals surface area contributed by atoms with Crippen LogP contribution in [0.2, 0.25) is 0 Å². The number of imidazole rings is 1. The average molecular weight is 657 g/mol. The van der Waals surface area contributed by atoms with E-state index in [1.165, 1.54) is 86.9 Å². The lowest BCUT2D eigenvalue weighted by molar-refractivity contribution is 0.588. The van der Waals surface area contributed by atoms with Crippen molar-refractivity contribution in [3.05, 3.63) is 102 Å². The fourth-order valence-electron chi connectivity index (χ4n) is 8.56. The molecule has 0 N–H and O–H groups in total.